The Kier molecular flexibility index (Phi) is 12.8. The van der Waals surface area contributed by atoms with Crippen molar-refractivity contribution in [2.24, 2.45) is 0 Å². The second-order valence-electron chi connectivity index (χ2n) is 22.6. The second-order valence-corrected chi connectivity index (χ2v) is 22.6. The predicted molar refractivity (Wildman–Crippen MR) is 295 cm³/mol. The van der Waals surface area contributed by atoms with Gasteiger partial charge >= 0.3 is 0 Å². The highest BCUT2D eigenvalue weighted by molar-refractivity contribution is 6.24. The van der Waals surface area contributed by atoms with E-state index in [2.05, 4.69) is 51.4 Å². The summed E-state index contributed by atoms with van der Waals surface area (Å²) in [6, 6.07) is 22.3. The van der Waals surface area contributed by atoms with Gasteiger partial charge in [-0.3, -0.25) is 48.8 Å². The van der Waals surface area contributed by atoms with Gasteiger partial charge in [0, 0.05) is 86.9 Å². The lowest BCUT2D eigenvalue weighted by Gasteiger charge is -2.48. The van der Waals surface area contributed by atoms with Gasteiger partial charge in [0.15, 0.2) is 5.82 Å². The van der Waals surface area contributed by atoms with E-state index < -0.39 is 40.9 Å². The minimum atomic E-state index is -1.05. The minimum Gasteiger partial charge on any atom is -0.368 e. The molecule has 1 saturated carbocycles. The molecule has 13 rings (SSSR count). The molecule has 1 spiro atoms. The van der Waals surface area contributed by atoms with Gasteiger partial charge in [-0.25, -0.2) is 14.4 Å². The molecule has 0 radical (unpaired) electrons. The standard InChI is InChI=1S/C60H61FN12O7/c1-35(2)71-34-63-48-32-47(65-53(52(48)71)64-45-9-5-4-8-44(45)61)36-10-14-43-50(28-36)72(40-29-39(30-40)67-20-6-3-7-21-67)59(80)60(43)18-22-69(23-19-60)55(76)37-11-15-46(62-33-37)58(79)70-26-24-68(25-27-70)38-12-13-41-42(31-38)57(78)73(56(41)77)49-16-17-51(74)66-54(49)75/h4-5,8-15,28,31-35,39-40,49H,3,6-7,16-27,29-30H2,1-2H3,(H,64,65)(H,66,74,75)/t39?,40?,49-/m1/s1. The highest BCUT2D eigenvalue weighted by Crippen LogP contribution is 2.52. The molecule has 410 valence electrons. The average Bonchev–Trinajstić information content (AvgIpc) is 4.04. The third-order valence-corrected chi connectivity index (χ3v) is 17.8. The summed E-state index contributed by atoms with van der Waals surface area (Å²) in [4.78, 5) is 120. The van der Waals surface area contributed by atoms with Gasteiger partial charge in [-0.05, 0) is 132 Å². The van der Waals surface area contributed by atoms with E-state index in [0.29, 0.717) is 92.1 Å². The van der Waals surface area contributed by atoms with E-state index in [1.807, 2.05) is 21.6 Å². The molecule has 2 N–H and O–H groups in total. The van der Waals surface area contributed by atoms with Crippen LogP contribution in [-0.2, 0) is 19.8 Å². The quantitative estimate of drug-likeness (QED) is 0.135. The number of fused-ring (bicyclic) bond motifs is 4. The van der Waals surface area contributed by atoms with Crippen LogP contribution in [0.25, 0.3) is 22.3 Å². The number of carbonyl (C=O) groups is 7. The molecule has 7 amide bonds. The smallest absolute Gasteiger partial charge is 0.272 e. The van der Waals surface area contributed by atoms with Crippen LogP contribution in [0.3, 0.4) is 0 Å². The van der Waals surface area contributed by atoms with Crippen LogP contribution >= 0.6 is 0 Å². The summed E-state index contributed by atoms with van der Waals surface area (Å²) in [6.07, 6.45) is 9.64. The van der Waals surface area contributed by atoms with Gasteiger partial charge in [-0.1, -0.05) is 30.7 Å². The molecular formula is C60H61FN12O7. The maximum Gasteiger partial charge on any atom is 0.272 e. The third kappa shape index (κ3) is 8.65. The lowest BCUT2D eigenvalue weighted by Crippen LogP contribution is -2.58. The highest BCUT2D eigenvalue weighted by atomic mass is 19.1. The SMILES string of the molecule is CC(C)n1cnc2cc(-c3ccc4c(c3)N(C3CC(N5CCCCC5)C3)C(=O)C43CCN(C(=O)c4ccc(C(=O)N5CCN(c6ccc7c(c6)C(=O)N([C@@H]6CCC(=O)NC6=O)C7=O)CC5)nc4)CC3)nc(Nc3ccccc3F)c21. The van der Waals surface area contributed by atoms with E-state index in [-0.39, 0.29) is 59.5 Å². The van der Waals surface area contributed by atoms with Crippen LogP contribution in [-0.4, -0.2) is 151 Å². The van der Waals surface area contributed by atoms with Crippen LogP contribution in [0.15, 0.2) is 91.4 Å². The fourth-order valence-corrected chi connectivity index (χ4v) is 13.2. The molecule has 9 heterocycles. The number of hydrogen-bond acceptors (Lipinski definition) is 13. The van der Waals surface area contributed by atoms with Crippen molar-refractivity contribution in [3.8, 4) is 11.3 Å². The van der Waals surface area contributed by atoms with Gasteiger partial charge in [0.2, 0.25) is 17.7 Å². The van der Waals surface area contributed by atoms with Gasteiger partial charge < -0.3 is 34.4 Å². The number of anilines is 4. The number of nitrogens with one attached hydrogen (secondary N) is 2. The first-order chi connectivity index (χ1) is 38.7. The van der Waals surface area contributed by atoms with Crippen LogP contribution in [0.1, 0.15) is 125 Å². The Hall–Kier alpha value is -8.39. The molecule has 6 aliphatic heterocycles. The number of imide groups is 2. The molecule has 80 heavy (non-hydrogen) atoms. The molecular weight excluding hydrogens is 1020 g/mol. The number of benzene rings is 3. The number of piperazine rings is 1. The second kappa shape index (κ2) is 20.1. The average molecular weight is 1080 g/mol. The van der Waals surface area contributed by atoms with Crippen molar-refractivity contribution in [1.29, 1.82) is 0 Å². The number of rotatable bonds is 10. The number of hydrogen-bond donors (Lipinski definition) is 2. The van der Waals surface area contributed by atoms with Crippen LogP contribution < -0.4 is 20.4 Å². The number of imidazole rings is 1. The fraction of sp³-hybridized carbons (Fsp3) is 0.400. The zero-order valence-corrected chi connectivity index (χ0v) is 44.7. The van der Waals surface area contributed by atoms with Crippen LogP contribution in [0.2, 0.25) is 0 Å². The van der Waals surface area contributed by atoms with E-state index in [1.165, 1.54) is 31.5 Å². The van der Waals surface area contributed by atoms with Crippen molar-refractivity contribution in [3.63, 3.8) is 0 Å². The maximum absolute atomic E-state index is 15.3. The van der Waals surface area contributed by atoms with E-state index in [1.54, 1.807) is 64.7 Å². The molecule has 1 aliphatic carbocycles. The first-order valence-corrected chi connectivity index (χ1v) is 28.0. The molecule has 0 bridgehead atoms. The van der Waals surface area contributed by atoms with E-state index in [4.69, 9.17) is 9.97 Å². The van der Waals surface area contributed by atoms with Crippen molar-refractivity contribution in [2.75, 3.05) is 67.5 Å². The van der Waals surface area contributed by atoms with Crippen molar-refractivity contribution in [1.82, 2.24) is 44.4 Å². The Morgan fingerprint density at radius 1 is 0.750 bits per heavy atom. The van der Waals surface area contributed by atoms with E-state index >= 15 is 9.18 Å². The number of aromatic nitrogens is 4. The van der Waals surface area contributed by atoms with Gasteiger partial charge in [0.05, 0.1) is 45.3 Å². The number of nitrogens with zero attached hydrogens (tertiary/aromatic N) is 10. The van der Waals surface area contributed by atoms with Crippen molar-refractivity contribution < 1.29 is 38.0 Å². The summed E-state index contributed by atoms with van der Waals surface area (Å²) in [7, 11) is 0. The lowest BCUT2D eigenvalue weighted by molar-refractivity contribution is -0.136. The Labute approximate surface area is 461 Å². The van der Waals surface area contributed by atoms with Crippen molar-refractivity contribution >= 4 is 75.3 Å². The third-order valence-electron chi connectivity index (χ3n) is 17.8. The molecule has 1 atom stereocenters. The summed E-state index contributed by atoms with van der Waals surface area (Å²) in [6.45, 7) is 8.59. The monoisotopic (exact) mass is 1080 g/mol. The van der Waals surface area contributed by atoms with Gasteiger partial charge in [-0.2, -0.15) is 0 Å². The molecule has 0 unspecified atom stereocenters. The van der Waals surface area contributed by atoms with Crippen LogP contribution in [0, 0.1) is 5.82 Å². The molecule has 5 fully saturated rings. The molecule has 6 aromatic rings. The van der Waals surface area contributed by atoms with Gasteiger partial charge in [-0.15, -0.1) is 0 Å². The Balaban J connectivity index is 0.693. The number of halogens is 1. The normalized spacial score (nSPS) is 22.1. The number of pyridine rings is 2. The van der Waals surface area contributed by atoms with Crippen molar-refractivity contribution in [2.45, 2.75) is 101 Å². The molecule has 3 aromatic heterocycles. The molecule has 20 heteroatoms. The van der Waals surface area contributed by atoms with Gasteiger partial charge in [0.25, 0.3) is 23.6 Å². The predicted octanol–water partition coefficient (Wildman–Crippen LogP) is 6.86. The van der Waals surface area contributed by atoms with Gasteiger partial charge in [0.1, 0.15) is 23.1 Å². The fourth-order valence-electron chi connectivity index (χ4n) is 13.2. The molecule has 3 aromatic carbocycles. The zero-order valence-electron chi connectivity index (χ0n) is 44.7. The summed E-state index contributed by atoms with van der Waals surface area (Å²) < 4.78 is 17.1. The summed E-state index contributed by atoms with van der Waals surface area (Å²) in [5, 5.41) is 5.48. The number of carbonyl (C=O) groups excluding carboxylic acids is 7. The molecule has 19 nitrogen and oxygen atoms in total. The summed E-state index contributed by atoms with van der Waals surface area (Å²) in [5.74, 6) is -2.62. The van der Waals surface area contributed by atoms with Crippen LogP contribution in [0.5, 0.6) is 0 Å². The Morgan fingerprint density at radius 3 is 2.23 bits per heavy atom. The summed E-state index contributed by atoms with van der Waals surface area (Å²) >= 11 is 0. The maximum atomic E-state index is 15.3. The number of likely N-dealkylation sites (tertiary alicyclic amines) is 2. The first kappa shape index (κ1) is 51.1. The molecule has 7 aliphatic rings. The lowest BCUT2D eigenvalue weighted by atomic mass is 9.73. The number of para-hydroxylation sites is 1. The van der Waals surface area contributed by atoms with Crippen LogP contribution in [0.4, 0.5) is 27.3 Å². The van der Waals surface area contributed by atoms with E-state index in [0.717, 1.165) is 53.2 Å². The zero-order chi connectivity index (χ0) is 55.1. The highest BCUT2D eigenvalue weighted by Gasteiger charge is 2.56. The van der Waals surface area contributed by atoms with E-state index in [9.17, 15) is 28.8 Å². The summed E-state index contributed by atoms with van der Waals surface area (Å²) in [5.41, 5.74) is 5.84. The van der Waals surface area contributed by atoms with Crippen molar-refractivity contribution in [3.05, 3.63) is 125 Å². The molecule has 4 saturated heterocycles. The minimum absolute atomic E-state index is 0.0282. The first-order valence-electron chi connectivity index (χ1n) is 28.0. The Bertz CT molecular complexity index is 3560. The number of amides is 7. The number of piperidine rings is 3. The largest absolute Gasteiger partial charge is 0.368 e. The topological polar surface area (TPSA) is 207 Å². The Morgan fingerprint density at radius 2 is 1.50 bits per heavy atom.